The molecule has 0 atom stereocenters. The van der Waals surface area contributed by atoms with Crippen molar-refractivity contribution in [3.63, 3.8) is 0 Å². The maximum Gasteiger partial charge on any atom is 0.179 e. The maximum absolute atomic E-state index is 8.79. The van der Waals surface area contributed by atoms with Crippen molar-refractivity contribution >= 4 is 51.2 Å². The lowest BCUT2D eigenvalue weighted by atomic mass is 10.2. The number of aliphatic imine (C=N–C) groups is 1. The molecule has 0 amide bonds. The van der Waals surface area contributed by atoms with Crippen molar-refractivity contribution in [2.75, 3.05) is 0 Å². The van der Waals surface area contributed by atoms with Crippen molar-refractivity contribution in [3.05, 3.63) is 75.4 Å². The lowest BCUT2D eigenvalue weighted by molar-refractivity contribution is 0.466. The van der Waals surface area contributed by atoms with Crippen LogP contribution >= 0.6 is 39.3 Å². The minimum Gasteiger partial charge on any atom is -0.447 e. The number of hydrogen-bond donors (Lipinski definition) is 0. The molecule has 0 spiro atoms. The minimum absolute atomic E-state index is 0.608. The van der Waals surface area contributed by atoms with Gasteiger partial charge in [-0.1, -0.05) is 23.4 Å². The van der Waals surface area contributed by atoms with Crippen LogP contribution in [0.3, 0.4) is 0 Å². The molecule has 0 N–H and O–H groups in total. The molecule has 1 aromatic heterocycles. The van der Waals surface area contributed by atoms with Gasteiger partial charge in [0.2, 0.25) is 0 Å². The summed E-state index contributed by atoms with van der Waals surface area (Å²) in [6, 6.07) is 18.5. The normalized spacial score (nSPS) is 10.9. The minimum atomic E-state index is 0.608. The molecule has 2 aromatic carbocycles. The molecule has 0 radical (unpaired) electrons. The molecule has 0 aliphatic rings. The number of benzene rings is 2. The summed E-state index contributed by atoms with van der Waals surface area (Å²) in [5.41, 5.74) is 1.37. The number of hydrogen-bond acceptors (Lipinski definition) is 4. The predicted molar refractivity (Wildman–Crippen MR) is 100 cm³/mol. The van der Waals surface area contributed by atoms with Crippen molar-refractivity contribution in [2.24, 2.45) is 4.99 Å². The summed E-state index contributed by atoms with van der Waals surface area (Å²) in [6.45, 7) is 0. The highest BCUT2D eigenvalue weighted by Crippen LogP contribution is 2.36. The van der Waals surface area contributed by atoms with E-state index in [4.69, 9.17) is 21.3 Å². The van der Waals surface area contributed by atoms with Crippen LogP contribution in [0.2, 0.25) is 5.02 Å². The van der Waals surface area contributed by atoms with Crippen molar-refractivity contribution in [1.29, 1.82) is 5.26 Å². The second-order valence-corrected chi connectivity index (χ2v) is 7.09. The van der Waals surface area contributed by atoms with E-state index in [1.54, 1.807) is 30.5 Å². The molecule has 6 heteroatoms. The lowest BCUT2D eigenvalue weighted by Gasteiger charge is -1.98. The third-order valence-corrected chi connectivity index (χ3v) is 5.14. The van der Waals surface area contributed by atoms with Gasteiger partial charge in [-0.25, -0.2) is 0 Å². The maximum atomic E-state index is 8.79. The van der Waals surface area contributed by atoms with Crippen LogP contribution in [0, 0.1) is 11.3 Å². The molecule has 0 bridgehead atoms. The van der Waals surface area contributed by atoms with Gasteiger partial charge in [0.05, 0.1) is 28.0 Å². The van der Waals surface area contributed by atoms with Gasteiger partial charge in [-0.15, -0.1) is 0 Å². The number of rotatable bonds is 4. The molecule has 0 saturated heterocycles. The summed E-state index contributed by atoms with van der Waals surface area (Å²) in [5.74, 6) is 0.641. The van der Waals surface area contributed by atoms with Gasteiger partial charge in [0, 0.05) is 16.0 Å². The van der Waals surface area contributed by atoms with Gasteiger partial charge in [-0.05, 0) is 64.5 Å². The zero-order valence-corrected chi connectivity index (χ0v) is 15.4. The summed E-state index contributed by atoms with van der Waals surface area (Å²) in [4.78, 5) is 5.38. The van der Waals surface area contributed by atoms with E-state index in [0.717, 1.165) is 20.1 Å². The first-order chi connectivity index (χ1) is 11.6. The fourth-order valence-corrected chi connectivity index (χ4v) is 3.33. The van der Waals surface area contributed by atoms with Crippen molar-refractivity contribution < 1.29 is 4.42 Å². The molecule has 1 heterocycles. The van der Waals surface area contributed by atoms with E-state index in [2.05, 4.69) is 27.0 Å². The van der Waals surface area contributed by atoms with Gasteiger partial charge in [-0.3, -0.25) is 4.99 Å². The molecule has 3 nitrogen and oxygen atoms in total. The average Bonchev–Trinajstić information content (AvgIpc) is 2.95. The summed E-state index contributed by atoms with van der Waals surface area (Å²) in [5, 5.41) is 10.2. The summed E-state index contributed by atoms with van der Waals surface area (Å²) in [6.07, 6.45) is 1.65. The Bertz CT molecular complexity index is 912. The summed E-state index contributed by atoms with van der Waals surface area (Å²) >= 11 is 10.9. The summed E-state index contributed by atoms with van der Waals surface area (Å²) < 4.78 is 6.66. The average molecular weight is 418 g/mol. The highest BCUT2D eigenvalue weighted by atomic mass is 79.9. The van der Waals surface area contributed by atoms with E-state index >= 15 is 0 Å². The fraction of sp³-hybridized carbons (Fsp3) is 0. The number of nitriles is 1. The molecule has 3 aromatic rings. The topological polar surface area (TPSA) is 49.3 Å². The first-order valence-corrected chi connectivity index (χ1v) is 8.90. The molecule has 0 aliphatic heterocycles. The Morgan fingerprint density at radius 2 is 1.83 bits per heavy atom. The Hall–Kier alpha value is -2.00. The monoisotopic (exact) mass is 416 g/mol. The molecule has 3 rings (SSSR count). The van der Waals surface area contributed by atoms with Crippen LogP contribution in [-0.4, -0.2) is 6.21 Å². The predicted octanol–water partition coefficient (Wildman–Crippen LogP) is 6.47. The van der Waals surface area contributed by atoms with E-state index < -0.39 is 0 Å². The Morgan fingerprint density at radius 3 is 2.50 bits per heavy atom. The van der Waals surface area contributed by atoms with Crippen molar-refractivity contribution in [3.8, 4) is 6.07 Å². The molecule has 0 unspecified atom stereocenters. The Morgan fingerprint density at radius 1 is 1.12 bits per heavy atom. The fourth-order valence-electron chi connectivity index (χ4n) is 1.87. The molecule has 118 valence electrons. The Labute approximate surface area is 157 Å². The second kappa shape index (κ2) is 7.71. The highest BCUT2D eigenvalue weighted by molar-refractivity contribution is 9.10. The number of furan rings is 1. The molecular formula is C18H10BrClN2OS. The van der Waals surface area contributed by atoms with Crippen LogP contribution in [0.15, 0.2) is 78.5 Å². The van der Waals surface area contributed by atoms with E-state index in [9.17, 15) is 0 Å². The first-order valence-electron chi connectivity index (χ1n) is 6.91. The largest absolute Gasteiger partial charge is 0.447 e. The zero-order valence-electron chi connectivity index (χ0n) is 12.2. The standard InChI is InChI=1S/C18H10BrClN2OS/c19-17-9-15(11-22-14-5-1-12(10-21)2-6-14)23-18(17)24-16-7-3-13(20)4-8-16/h1-9,11H. The first kappa shape index (κ1) is 16.8. The molecule has 0 aliphatic carbocycles. The van der Waals surface area contributed by atoms with Crippen LogP contribution in [0.5, 0.6) is 0 Å². The Kier molecular flexibility index (Phi) is 5.41. The van der Waals surface area contributed by atoms with E-state index in [1.807, 2.05) is 30.3 Å². The van der Waals surface area contributed by atoms with Crippen LogP contribution in [0.1, 0.15) is 11.3 Å². The lowest BCUT2D eigenvalue weighted by Crippen LogP contribution is -1.75. The van der Waals surface area contributed by atoms with E-state index in [1.165, 1.54) is 11.8 Å². The van der Waals surface area contributed by atoms with Gasteiger partial charge < -0.3 is 4.42 Å². The Balaban J connectivity index is 1.74. The smallest absolute Gasteiger partial charge is 0.179 e. The molecular weight excluding hydrogens is 408 g/mol. The number of halogens is 2. The van der Waals surface area contributed by atoms with Crippen LogP contribution in [0.25, 0.3) is 0 Å². The van der Waals surface area contributed by atoms with Gasteiger partial charge in [0.15, 0.2) is 5.09 Å². The highest BCUT2D eigenvalue weighted by Gasteiger charge is 2.09. The van der Waals surface area contributed by atoms with Crippen molar-refractivity contribution in [2.45, 2.75) is 9.99 Å². The quantitative estimate of drug-likeness (QED) is 0.457. The van der Waals surface area contributed by atoms with E-state index in [-0.39, 0.29) is 0 Å². The van der Waals surface area contributed by atoms with Gasteiger partial charge in [-0.2, -0.15) is 5.26 Å². The summed E-state index contributed by atoms with van der Waals surface area (Å²) in [7, 11) is 0. The molecule has 0 saturated carbocycles. The van der Waals surface area contributed by atoms with Gasteiger partial charge in [0.1, 0.15) is 5.76 Å². The molecule has 24 heavy (non-hydrogen) atoms. The third-order valence-electron chi connectivity index (χ3n) is 3.04. The van der Waals surface area contributed by atoms with Gasteiger partial charge in [0.25, 0.3) is 0 Å². The van der Waals surface area contributed by atoms with Gasteiger partial charge >= 0.3 is 0 Å². The number of nitrogens with zero attached hydrogens (tertiary/aromatic N) is 2. The SMILES string of the molecule is N#Cc1ccc(N=Cc2cc(Br)c(Sc3ccc(Cl)cc3)o2)cc1. The van der Waals surface area contributed by atoms with Crippen LogP contribution < -0.4 is 0 Å². The zero-order chi connectivity index (χ0) is 16.9. The second-order valence-electron chi connectivity index (χ2n) is 4.76. The molecule has 0 fully saturated rings. The van der Waals surface area contributed by atoms with E-state index in [0.29, 0.717) is 16.3 Å². The van der Waals surface area contributed by atoms with Crippen molar-refractivity contribution in [1.82, 2.24) is 0 Å². The third kappa shape index (κ3) is 4.30. The van der Waals surface area contributed by atoms with Crippen LogP contribution in [0.4, 0.5) is 5.69 Å². The van der Waals surface area contributed by atoms with Crippen LogP contribution in [-0.2, 0) is 0 Å².